The molecule has 2 heterocycles. The van der Waals surface area contributed by atoms with Gasteiger partial charge in [-0.25, -0.2) is 0 Å². The fraction of sp³-hybridized carbons (Fsp3) is 0.471. The number of amides is 2. The molecule has 152 valence electrons. The molecule has 1 aromatic rings. The average Bonchev–Trinajstić information content (AvgIpc) is 3.24. The van der Waals surface area contributed by atoms with E-state index in [9.17, 15) is 22.8 Å². The minimum atomic E-state index is -4.78. The molecule has 2 aliphatic rings. The maximum absolute atomic E-state index is 12.1. The number of rotatable bonds is 6. The number of aliphatic imine (C=N–C) groups is 1. The minimum Gasteiger partial charge on any atom is -0.406 e. The Hall–Kier alpha value is -2.27. The fourth-order valence-electron chi connectivity index (χ4n) is 2.71. The molecule has 2 amide bonds. The summed E-state index contributed by atoms with van der Waals surface area (Å²) in [6.45, 7) is 1.19. The van der Waals surface area contributed by atoms with E-state index in [0.29, 0.717) is 17.4 Å². The van der Waals surface area contributed by atoms with E-state index >= 15 is 0 Å². The summed E-state index contributed by atoms with van der Waals surface area (Å²) in [7, 11) is 0. The van der Waals surface area contributed by atoms with Gasteiger partial charge in [0.25, 0.3) is 0 Å². The van der Waals surface area contributed by atoms with Crippen molar-refractivity contribution in [2.45, 2.75) is 37.0 Å². The minimum absolute atomic E-state index is 0.0663. The van der Waals surface area contributed by atoms with Gasteiger partial charge in [0.2, 0.25) is 11.8 Å². The Bertz CT molecular complexity index is 749. The lowest BCUT2D eigenvalue weighted by molar-refractivity contribution is -0.274. The van der Waals surface area contributed by atoms with Gasteiger partial charge in [0.15, 0.2) is 5.17 Å². The normalized spacial score (nSPS) is 23.7. The van der Waals surface area contributed by atoms with Gasteiger partial charge in [0.1, 0.15) is 11.0 Å². The second-order valence-electron chi connectivity index (χ2n) is 6.20. The molecular formula is C17H18F3N3O4S. The third kappa shape index (κ3) is 6.13. The summed E-state index contributed by atoms with van der Waals surface area (Å²) in [6.07, 6.45) is -2.86. The topological polar surface area (TPSA) is 89.0 Å². The van der Waals surface area contributed by atoms with Crippen LogP contribution in [0.4, 0.5) is 18.9 Å². The van der Waals surface area contributed by atoms with Gasteiger partial charge in [-0.3, -0.25) is 14.6 Å². The van der Waals surface area contributed by atoms with Gasteiger partial charge < -0.3 is 20.1 Å². The molecule has 11 heteroatoms. The lowest BCUT2D eigenvalue weighted by atomic mass is 10.2. The Labute approximate surface area is 163 Å². The Morgan fingerprint density at radius 1 is 1.36 bits per heavy atom. The smallest absolute Gasteiger partial charge is 0.406 e. The number of carbonyl (C=O) groups excluding carboxylic acids is 2. The largest absolute Gasteiger partial charge is 0.573 e. The number of alkyl halides is 3. The molecule has 1 aromatic carbocycles. The van der Waals surface area contributed by atoms with Gasteiger partial charge in [-0.1, -0.05) is 11.8 Å². The highest BCUT2D eigenvalue weighted by molar-refractivity contribution is 8.15. The standard InChI is InChI=1S/C17H18F3N3O4S/c18-17(19,20)27-11-5-3-10(4-6-11)22-14(24)8-13-15(25)23-16(28-13)21-9-12-2-1-7-26-12/h3-6,12-13H,1-2,7-9H2,(H,22,24)(H,21,23,25)/t12-,13-/m1/s1. The Kier molecular flexibility index (Phi) is 6.45. The number of benzene rings is 1. The van der Waals surface area contributed by atoms with Crippen LogP contribution in [0, 0.1) is 0 Å². The highest BCUT2D eigenvalue weighted by atomic mass is 32.2. The van der Waals surface area contributed by atoms with E-state index in [1.165, 1.54) is 23.9 Å². The van der Waals surface area contributed by atoms with Crippen LogP contribution in [0.5, 0.6) is 5.75 Å². The fourth-order valence-corrected chi connectivity index (χ4v) is 3.69. The van der Waals surface area contributed by atoms with Gasteiger partial charge in [-0.05, 0) is 37.1 Å². The molecule has 2 N–H and O–H groups in total. The molecule has 2 aliphatic heterocycles. The van der Waals surface area contributed by atoms with Crippen LogP contribution in [0.1, 0.15) is 19.3 Å². The maximum atomic E-state index is 12.1. The van der Waals surface area contributed by atoms with E-state index in [2.05, 4.69) is 20.4 Å². The van der Waals surface area contributed by atoms with Crippen molar-refractivity contribution < 1.29 is 32.2 Å². The van der Waals surface area contributed by atoms with Crippen LogP contribution in [-0.4, -0.2) is 47.8 Å². The van der Waals surface area contributed by atoms with E-state index in [-0.39, 0.29) is 24.2 Å². The summed E-state index contributed by atoms with van der Waals surface area (Å²) in [6, 6.07) is 4.76. The van der Waals surface area contributed by atoms with Crippen LogP contribution in [0.2, 0.25) is 0 Å². The van der Waals surface area contributed by atoms with Crippen LogP contribution < -0.4 is 15.4 Å². The van der Waals surface area contributed by atoms with Crippen molar-refractivity contribution in [1.29, 1.82) is 0 Å². The molecule has 0 spiro atoms. The molecule has 0 saturated carbocycles. The third-order valence-electron chi connectivity index (χ3n) is 3.98. The summed E-state index contributed by atoms with van der Waals surface area (Å²) < 4.78 is 45.7. The molecule has 0 aromatic heterocycles. The Morgan fingerprint density at radius 3 is 2.75 bits per heavy atom. The lowest BCUT2D eigenvalue weighted by Crippen LogP contribution is -2.28. The van der Waals surface area contributed by atoms with E-state index in [1.807, 2.05) is 0 Å². The summed E-state index contributed by atoms with van der Waals surface area (Å²) in [5.74, 6) is -1.12. The van der Waals surface area contributed by atoms with Gasteiger partial charge >= 0.3 is 6.36 Å². The second-order valence-corrected chi connectivity index (χ2v) is 7.39. The molecule has 0 unspecified atom stereocenters. The summed E-state index contributed by atoms with van der Waals surface area (Å²) in [5, 5.41) is 5.03. The Balaban J connectivity index is 1.47. The predicted molar refractivity (Wildman–Crippen MR) is 97.2 cm³/mol. The number of nitrogens with zero attached hydrogens (tertiary/aromatic N) is 1. The number of carbonyl (C=O) groups is 2. The van der Waals surface area contributed by atoms with Crippen molar-refractivity contribution in [3.63, 3.8) is 0 Å². The number of anilines is 1. The number of ether oxygens (including phenoxy) is 2. The van der Waals surface area contributed by atoms with Crippen molar-refractivity contribution in [2.24, 2.45) is 4.99 Å². The lowest BCUT2D eigenvalue weighted by Gasteiger charge is -2.10. The van der Waals surface area contributed by atoms with Crippen LogP contribution in [0.25, 0.3) is 0 Å². The number of hydrogen-bond donors (Lipinski definition) is 2. The van der Waals surface area contributed by atoms with Crippen LogP contribution >= 0.6 is 11.8 Å². The zero-order chi connectivity index (χ0) is 20.1. The first kappa shape index (κ1) is 20.5. The number of thioether (sulfide) groups is 1. The van der Waals surface area contributed by atoms with Crippen molar-refractivity contribution in [2.75, 3.05) is 18.5 Å². The molecule has 2 saturated heterocycles. The number of hydrogen-bond acceptors (Lipinski definition) is 6. The van der Waals surface area contributed by atoms with Crippen LogP contribution in [0.3, 0.4) is 0 Å². The molecule has 0 bridgehead atoms. The number of halogens is 3. The number of nitrogens with one attached hydrogen (secondary N) is 2. The highest BCUT2D eigenvalue weighted by Crippen LogP contribution is 2.26. The molecule has 0 aliphatic carbocycles. The molecule has 2 atom stereocenters. The second kappa shape index (κ2) is 8.82. The van der Waals surface area contributed by atoms with Gasteiger partial charge in [-0.15, -0.1) is 13.2 Å². The van der Waals surface area contributed by atoms with E-state index in [1.54, 1.807) is 0 Å². The Morgan fingerprint density at radius 2 is 2.11 bits per heavy atom. The maximum Gasteiger partial charge on any atom is 0.573 e. The SMILES string of the molecule is O=C(C[C@H]1SC(=NC[C@H]2CCCO2)NC1=O)Nc1ccc(OC(F)(F)F)cc1. The quantitative estimate of drug-likeness (QED) is 0.743. The van der Waals surface area contributed by atoms with E-state index in [0.717, 1.165) is 31.6 Å². The van der Waals surface area contributed by atoms with Crippen molar-refractivity contribution >= 4 is 34.4 Å². The van der Waals surface area contributed by atoms with Gasteiger partial charge in [0.05, 0.1) is 12.6 Å². The predicted octanol–water partition coefficient (Wildman–Crippen LogP) is 2.68. The van der Waals surface area contributed by atoms with Gasteiger partial charge in [0, 0.05) is 18.7 Å². The zero-order valence-corrected chi connectivity index (χ0v) is 15.4. The van der Waals surface area contributed by atoms with Crippen molar-refractivity contribution in [3.8, 4) is 5.75 Å². The first-order valence-electron chi connectivity index (χ1n) is 8.58. The average molecular weight is 417 g/mol. The number of amidine groups is 1. The highest BCUT2D eigenvalue weighted by Gasteiger charge is 2.33. The third-order valence-corrected chi connectivity index (χ3v) is 5.10. The van der Waals surface area contributed by atoms with Crippen molar-refractivity contribution in [1.82, 2.24) is 5.32 Å². The first-order valence-corrected chi connectivity index (χ1v) is 9.46. The first-order chi connectivity index (χ1) is 13.3. The zero-order valence-electron chi connectivity index (χ0n) is 14.6. The van der Waals surface area contributed by atoms with E-state index < -0.39 is 17.5 Å². The van der Waals surface area contributed by atoms with Crippen molar-refractivity contribution in [3.05, 3.63) is 24.3 Å². The summed E-state index contributed by atoms with van der Waals surface area (Å²) >= 11 is 1.18. The molecule has 3 rings (SSSR count). The molecule has 2 fully saturated rings. The monoisotopic (exact) mass is 417 g/mol. The van der Waals surface area contributed by atoms with E-state index in [4.69, 9.17) is 4.74 Å². The van der Waals surface area contributed by atoms with Gasteiger partial charge in [-0.2, -0.15) is 0 Å². The molecule has 0 radical (unpaired) electrons. The molecule has 7 nitrogen and oxygen atoms in total. The molecular weight excluding hydrogens is 399 g/mol. The molecule has 28 heavy (non-hydrogen) atoms. The summed E-state index contributed by atoms with van der Waals surface area (Å²) in [5.41, 5.74) is 0.301. The van der Waals surface area contributed by atoms with Crippen LogP contribution in [0.15, 0.2) is 29.3 Å². The van der Waals surface area contributed by atoms with Crippen LogP contribution in [-0.2, 0) is 14.3 Å². The summed E-state index contributed by atoms with van der Waals surface area (Å²) in [4.78, 5) is 28.4.